The summed E-state index contributed by atoms with van der Waals surface area (Å²) in [6.07, 6.45) is 7.91. The van der Waals surface area contributed by atoms with Gasteiger partial charge in [-0.1, -0.05) is 62.8 Å². The van der Waals surface area contributed by atoms with E-state index < -0.39 is 0 Å². The summed E-state index contributed by atoms with van der Waals surface area (Å²) < 4.78 is 0. The highest BCUT2D eigenvalue weighted by Gasteiger charge is 2.25. The van der Waals surface area contributed by atoms with Gasteiger partial charge in [0.1, 0.15) is 0 Å². The zero-order valence-corrected chi connectivity index (χ0v) is 13.0. The van der Waals surface area contributed by atoms with Crippen LogP contribution in [0.15, 0.2) is 54.4 Å². The normalized spacial score (nSPS) is 18.6. The topological polar surface area (TPSA) is 25.8 Å². The molecule has 2 heteroatoms. The van der Waals surface area contributed by atoms with Crippen molar-refractivity contribution in [2.24, 2.45) is 5.41 Å². The molecule has 0 aliphatic heterocycles. The molecule has 1 unspecified atom stereocenters. The summed E-state index contributed by atoms with van der Waals surface area (Å²) in [5, 5.41) is 0. The van der Waals surface area contributed by atoms with E-state index in [1.165, 1.54) is 11.1 Å². The predicted octanol–water partition coefficient (Wildman–Crippen LogP) is 4.33. The van der Waals surface area contributed by atoms with Crippen molar-refractivity contribution in [3.63, 3.8) is 0 Å². The fraction of sp³-hybridized carbons (Fsp3) is 0.368. The van der Waals surface area contributed by atoms with Gasteiger partial charge in [0.25, 0.3) is 0 Å². The SMILES string of the molecule is CC(C)(C)C1=CC(c2ccccc2)Cc2nccnc2C1. The van der Waals surface area contributed by atoms with E-state index in [2.05, 4.69) is 67.1 Å². The molecule has 0 saturated heterocycles. The first-order valence-electron chi connectivity index (χ1n) is 7.59. The van der Waals surface area contributed by atoms with Crippen molar-refractivity contribution in [2.75, 3.05) is 0 Å². The average molecular weight is 278 g/mol. The first-order valence-corrected chi connectivity index (χ1v) is 7.59. The van der Waals surface area contributed by atoms with Crippen LogP contribution in [-0.4, -0.2) is 9.97 Å². The molecular formula is C19H22N2. The van der Waals surface area contributed by atoms with Crippen LogP contribution in [0.5, 0.6) is 0 Å². The Morgan fingerprint density at radius 3 is 2.29 bits per heavy atom. The van der Waals surface area contributed by atoms with Crippen LogP contribution in [-0.2, 0) is 12.8 Å². The van der Waals surface area contributed by atoms with Gasteiger partial charge >= 0.3 is 0 Å². The number of hydrogen-bond donors (Lipinski definition) is 0. The van der Waals surface area contributed by atoms with Crippen molar-refractivity contribution in [1.29, 1.82) is 0 Å². The third-order valence-corrected chi connectivity index (χ3v) is 4.23. The van der Waals surface area contributed by atoms with Crippen molar-refractivity contribution >= 4 is 0 Å². The molecule has 0 bridgehead atoms. The summed E-state index contributed by atoms with van der Waals surface area (Å²) in [4.78, 5) is 9.14. The van der Waals surface area contributed by atoms with Gasteiger partial charge in [0.05, 0.1) is 11.4 Å². The Balaban J connectivity index is 2.07. The molecule has 0 amide bonds. The molecule has 21 heavy (non-hydrogen) atoms. The predicted molar refractivity (Wildman–Crippen MR) is 86.2 cm³/mol. The lowest BCUT2D eigenvalue weighted by atomic mass is 9.82. The lowest BCUT2D eigenvalue weighted by Crippen LogP contribution is -2.12. The lowest BCUT2D eigenvalue weighted by Gasteiger charge is -2.23. The fourth-order valence-electron chi connectivity index (χ4n) is 2.89. The van der Waals surface area contributed by atoms with E-state index in [1.54, 1.807) is 0 Å². The zero-order chi connectivity index (χ0) is 14.9. The second-order valence-corrected chi connectivity index (χ2v) is 6.79. The van der Waals surface area contributed by atoms with Gasteiger partial charge in [-0.2, -0.15) is 0 Å². The molecular weight excluding hydrogens is 256 g/mol. The molecule has 1 aromatic carbocycles. The van der Waals surface area contributed by atoms with Crippen molar-refractivity contribution in [1.82, 2.24) is 9.97 Å². The monoisotopic (exact) mass is 278 g/mol. The highest BCUT2D eigenvalue weighted by Crippen LogP contribution is 2.36. The molecule has 3 rings (SSSR count). The largest absolute Gasteiger partial charge is 0.258 e. The first-order chi connectivity index (χ1) is 10.0. The number of aromatic nitrogens is 2. The van der Waals surface area contributed by atoms with Crippen LogP contribution in [0.4, 0.5) is 0 Å². The number of rotatable bonds is 1. The Morgan fingerprint density at radius 2 is 1.62 bits per heavy atom. The summed E-state index contributed by atoms with van der Waals surface area (Å²) in [6, 6.07) is 10.7. The number of allylic oxidation sites excluding steroid dienone is 2. The van der Waals surface area contributed by atoms with Crippen LogP contribution in [0.3, 0.4) is 0 Å². The van der Waals surface area contributed by atoms with E-state index in [0.29, 0.717) is 5.92 Å². The summed E-state index contributed by atoms with van der Waals surface area (Å²) >= 11 is 0. The maximum atomic E-state index is 4.58. The summed E-state index contributed by atoms with van der Waals surface area (Å²) in [5.41, 5.74) is 5.25. The molecule has 1 aromatic heterocycles. The minimum Gasteiger partial charge on any atom is -0.258 e. The van der Waals surface area contributed by atoms with Crippen molar-refractivity contribution in [2.45, 2.75) is 39.5 Å². The van der Waals surface area contributed by atoms with E-state index in [1.807, 2.05) is 12.4 Å². The van der Waals surface area contributed by atoms with Gasteiger partial charge in [-0.3, -0.25) is 9.97 Å². The quantitative estimate of drug-likeness (QED) is 0.725. The third-order valence-electron chi connectivity index (χ3n) is 4.23. The minimum atomic E-state index is 0.159. The zero-order valence-electron chi connectivity index (χ0n) is 13.0. The van der Waals surface area contributed by atoms with E-state index >= 15 is 0 Å². The Hall–Kier alpha value is -1.96. The summed E-state index contributed by atoms with van der Waals surface area (Å²) in [6.45, 7) is 6.84. The fourth-order valence-corrected chi connectivity index (χ4v) is 2.89. The minimum absolute atomic E-state index is 0.159. The molecule has 0 radical (unpaired) electrons. The van der Waals surface area contributed by atoms with Crippen LogP contribution in [0, 0.1) is 5.41 Å². The molecule has 1 aliphatic carbocycles. The van der Waals surface area contributed by atoms with Crippen LogP contribution in [0.25, 0.3) is 0 Å². The van der Waals surface area contributed by atoms with E-state index in [-0.39, 0.29) is 5.41 Å². The van der Waals surface area contributed by atoms with Crippen molar-refractivity contribution in [3.05, 3.63) is 71.3 Å². The van der Waals surface area contributed by atoms with Gasteiger partial charge < -0.3 is 0 Å². The number of hydrogen-bond acceptors (Lipinski definition) is 2. The Morgan fingerprint density at radius 1 is 0.952 bits per heavy atom. The third kappa shape index (κ3) is 3.05. The first kappa shape index (κ1) is 14.0. The van der Waals surface area contributed by atoms with Gasteiger partial charge in [0.15, 0.2) is 0 Å². The number of benzene rings is 1. The lowest BCUT2D eigenvalue weighted by molar-refractivity contribution is 0.487. The molecule has 1 aliphatic rings. The molecule has 2 aromatic rings. The molecule has 1 heterocycles. The summed E-state index contributed by atoms with van der Waals surface area (Å²) in [7, 11) is 0. The van der Waals surface area contributed by atoms with E-state index in [9.17, 15) is 0 Å². The van der Waals surface area contributed by atoms with Crippen LogP contribution in [0.1, 0.15) is 43.6 Å². The molecule has 1 atom stereocenters. The van der Waals surface area contributed by atoms with Gasteiger partial charge in [-0.15, -0.1) is 0 Å². The highest BCUT2D eigenvalue weighted by molar-refractivity contribution is 5.35. The Bertz CT molecular complexity index is 651. The van der Waals surface area contributed by atoms with Gasteiger partial charge in [0.2, 0.25) is 0 Å². The van der Waals surface area contributed by atoms with Gasteiger partial charge in [0, 0.05) is 31.2 Å². The highest BCUT2D eigenvalue weighted by atomic mass is 14.8. The molecule has 2 nitrogen and oxygen atoms in total. The second kappa shape index (κ2) is 5.44. The molecule has 0 saturated carbocycles. The van der Waals surface area contributed by atoms with Crippen LogP contribution < -0.4 is 0 Å². The maximum absolute atomic E-state index is 4.58. The summed E-state index contributed by atoms with van der Waals surface area (Å²) in [5.74, 6) is 0.387. The molecule has 108 valence electrons. The molecule has 0 N–H and O–H groups in total. The second-order valence-electron chi connectivity index (χ2n) is 6.79. The number of fused-ring (bicyclic) bond motifs is 1. The Labute approximate surface area is 127 Å². The smallest absolute Gasteiger partial charge is 0.0659 e. The standard InChI is InChI=1S/C19H22N2/c1-19(2,3)16-11-15(14-7-5-4-6-8-14)12-17-18(13-16)21-10-9-20-17/h4-11,15H,12-13H2,1-3H3. The van der Waals surface area contributed by atoms with Crippen LogP contribution >= 0.6 is 0 Å². The van der Waals surface area contributed by atoms with Gasteiger partial charge in [-0.05, 0) is 11.0 Å². The van der Waals surface area contributed by atoms with Gasteiger partial charge in [-0.25, -0.2) is 0 Å². The average Bonchev–Trinajstić information content (AvgIpc) is 2.67. The van der Waals surface area contributed by atoms with E-state index in [0.717, 1.165) is 24.2 Å². The van der Waals surface area contributed by atoms with E-state index in [4.69, 9.17) is 0 Å². The number of nitrogens with zero attached hydrogens (tertiary/aromatic N) is 2. The molecule has 0 spiro atoms. The van der Waals surface area contributed by atoms with Crippen molar-refractivity contribution < 1.29 is 0 Å². The molecule has 0 fully saturated rings. The van der Waals surface area contributed by atoms with Crippen molar-refractivity contribution in [3.8, 4) is 0 Å². The Kier molecular flexibility index (Phi) is 3.62. The van der Waals surface area contributed by atoms with Crippen LogP contribution in [0.2, 0.25) is 0 Å². The maximum Gasteiger partial charge on any atom is 0.0659 e.